The van der Waals surface area contributed by atoms with E-state index >= 15 is 0 Å². The highest BCUT2D eigenvalue weighted by molar-refractivity contribution is 6.22. The molecule has 1 N–H and O–H groups in total. The van der Waals surface area contributed by atoms with Gasteiger partial charge in [-0.15, -0.1) is 0 Å². The maximum absolute atomic E-state index is 12.6. The minimum atomic E-state index is -0.351. The van der Waals surface area contributed by atoms with Crippen LogP contribution in [0, 0.1) is 13.8 Å². The number of methoxy groups -OCH3 is 1. The fourth-order valence-corrected chi connectivity index (χ4v) is 3.71. The van der Waals surface area contributed by atoms with Crippen molar-refractivity contribution in [1.29, 1.82) is 0 Å². The van der Waals surface area contributed by atoms with Gasteiger partial charge in [-0.05, 0) is 62.4 Å². The lowest BCUT2D eigenvalue weighted by atomic mass is 10.0. The standard InChI is InChI=1S/C24H28N2O4/c1-16-7-8-18(17(2)14-16)6-4-11-25-22(27)19-9-10-20-21(15-19)24(29)26(23(20)28)12-5-13-30-3/h7-10,14-15H,4-6,11-13H2,1-3H3,(H,25,27). The van der Waals surface area contributed by atoms with Crippen LogP contribution in [0.4, 0.5) is 0 Å². The number of carbonyl (C=O) groups is 3. The molecule has 1 aliphatic heterocycles. The third-order valence-electron chi connectivity index (χ3n) is 5.37. The number of aryl methyl sites for hydroxylation is 3. The molecule has 0 radical (unpaired) electrons. The lowest BCUT2D eigenvalue weighted by Crippen LogP contribution is -2.31. The molecule has 2 aromatic carbocycles. The Bertz CT molecular complexity index is 968. The lowest BCUT2D eigenvalue weighted by molar-refractivity contribution is 0.0638. The summed E-state index contributed by atoms with van der Waals surface area (Å²) in [6.45, 7) is 5.50. The first kappa shape index (κ1) is 21.7. The smallest absolute Gasteiger partial charge is 0.261 e. The van der Waals surface area contributed by atoms with E-state index in [0.717, 1.165) is 12.8 Å². The molecule has 1 aliphatic rings. The zero-order valence-electron chi connectivity index (χ0n) is 17.8. The number of nitrogens with zero attached hydrogens (tertiary/aromatic N) is 1. The van der Waals surface area contributed by atoms with Crippen LogP contribution in [0.15, 0.2) is 36.4 Å². The van der Waals surface area contributed by atoms with Gasteiger partial charge in [0, 0.05) is 32.4 Å². The number of imide groups is 1. The summed E-state index contributed by atoms with van der Waals surface area (Å²) in [6, 6.07) is 11.1. The number of nitrogens with one attached hydrogen (secondary N) is 1. The number of amides is 3. The molecule has 0 saturated carbocycles. The van der Waals surface area contributed by atoms with E-state index in [0.29, 0.717) is 42.8 Å². The number of hydrogen-bond donors (Lipinski definition) is 1. The van der Waals surface area contributed by atoms with Gasteiger partial charge in [0.05, 0.1) is 11.1 Å². The van der Waals surface area contributed by atoms with Gasteiger partial charge in [-0.2, -0.15) is 0 Å². The SMILES string of the molecule is COCCCN1C(=O)c2ccc(C(=O)NCCCc3ccc(C)cc3C)cc2C1=O. The summed E-state index contributed by atoms with van der Waals surface area (Å²) in [4.78, 5) is 38.8. The van der Waals surface area contributed by atoms with E-state index in [1.807, 2.05) is 0 Å². The fourth-order valence-electron chi connectivity index (χ4n) is 3.71. The van der Waals surface area contributed by atoms with Crippen LogP contribution in [-0.4, -0.2) is 49.4 Å². The molecule has 1 heterocycles. The van der Waals surface area contributed by atoms with Gasteiger partial charge >= 0.3 is 0 Å². The molecule has 0 aliphatic carbocycles. The van der Waals surface area contributed by atoms with Gasteiger partial charge in [0.1, 0.15) is 0 Å². The van der Waals surface area contributed by atoms with Crippen molar-refractivity contribution in [3.05, 3.63) is 69.8 Å². The predicted octanol–water partition coefficient (Wildman–Crippen LogP) is 3.30. The quantitative estimate of drug-likeness (QED) is 0.510. The van der Waals surface area contributed by atoms with Crippen molar-refractivity contribution in [2.24, 2.45) is 0 Å². The van der Waals surface area contributed by atoms with E-state index in [1.165, 1.54) is 27.7 Å². The third kappa shape index (κ3) is 4.76. The maximum Gasteiger partial charge on any atom is 0.261 e. The molecule has 0 bridgehead atoms. The van der Waals surface area contributed by atoms with Crippen LogP contribution in [0.5, 0.6) is 0 Å². The van der Waals surface area contributed by atoms with E-state index in [-0.39, 0.29) is 17.7 Å². The highest BCUT2D eigenvalue weighted by atomic mass is 16.5. The molecule has 2 aromatic rings. The van der Waals surface area contributed by atoms with E-state index < -0.39 is 0 Å². The molecule has 0 spiro atoms. The molecule has 158 valence electrons. The van der Waals surface area contributed by atoms with Gasteiger partial charge in [0.15, 0.2) is 0 Å². The second kappa shape index (κ2) is 9.67. The van der Waals surface area contributed by atoms with E-state index in [1.54, 1.807) is 19.2 Å². The summed E-state index contributed by atoms with van der Waals surface area (Å²) in [7, 11) is 1.58. The molecule has 3 rings (SSSR count). The second-order valence-corrected chi connectivity index (χ2v) is 7.66. The minimum absolute atomic E-state index is 0.239. The molecule has 3 amide bonds. The molecular weight excluding hydrogens is 380 g/mol. The van der Waals surface area contributed by atoms with Crippen molar-refractivity contribution in [1.82, 2.24) is 10.2 Å². The van der Waals surface area contributed by atoms with Crippen LogP contribution >= 0.6 is 0 Å². The Morgan fingerprint density at radius 3 is 2.50 bits per heavy atom. The van der Waals surface area contributed by atoms with Crippen molar-refractivity contribution < 1.29 is 19.1 Å². The Balaban J connectivity index is 1.57. The zero-order valence-corrected chi connectivity index (χ0v) is 17.8. The number of rotatable bonds is 9. The average Bonchev–Trinajstić information content (AvgIpc) is 2.96. The summed E-state index contributed by atoms with van der Waals surface area (Å²) in [5.74, 6) is -0.904. The lowest BCUT2D eigenvalue weighted by Gasteiger charge is -2.12. The summed E-state index contributed by atoms with van der Waals surface area (Å²) >= 11 is 0. The minimum Gasteiger partial charge on any atom is -0.385 e. The van der Waals surface area contributed by atoms with Gasteiger partial charge in [0.25, 0.3) is 17.7 Å². The maximum atomic E-state index is 12.6. The first-order valence-electron chi connectivity index (χ1n) is 10.3. The van der Waals surface area contributed by atoms with Crippen molar-refractivity contribution in [2.45, 2.75) is 33.1 Å². The van der Waals surface area contributed by atoms with Crippen LogP contribution in [-0.2, 0) is 11.2 Å². The molecule has 0 aromatic heterocycles. The van der Waals surface area contributed by atoms with Crippen molar-refractivity contribution in [3.63, 3.8) is 0 Å². The Hall–Kier alpha value is -2.99. The fraction of sp³-hybridized carbons (Fsp3) is 0.375. The number of fused-ring (bicyclic) bond motifs is 1. The van der Waals surface area contributed by atoms with Crippen molar-refractivity contribution >= 4 is 17.7 Å². The second-order valence-electron chi connectivity index (χ2n) is 7.66. The topological polar surface area (TPSA) is 75.7 Å². The van der Waals surface area contributed by atoms with Crippen LogP contribution in [0.2, 0.25) is 0 Å². The van der Waals surface area contributed by atoms with Crippen molar-refractivity contribution in [2.75, 3.05) is 26.8 Å². The van der Waals surface area contributed by atoms with E-state index in [2.05, 4.69) is 37.4 Å². The van der Waals surface area contributed by atoms with Crippen LogP contribution < -0.4 is 5.32 Å². The highest BCUT2D eigenvalue weighted by Gasteiger charge is 2.35. The molecule has 0 fully saturated rings. The largest absolute Gasteiger partial charge is 0.385 e. The Morgan fingerprint density at radius 2 is 1.77 bits per heavy atom. The number of carbonyl (C=O) groups excluding carboxylic acids is 3. The Kier molecular flexibility index (Phi) is 7.00. The Labute approximate surface area is 177 Å². The van der Waals surface area contributed by atoms with Gasteiger partial charge in [0.2, 0.25) is 0 Å². The number of hydrogen-bond acceptors (Lipinski definition) is 4. The molecule has 0 saturated heterocycles. The summed E-state index contributed by atoms with van der Waals surface area (Å²) in [5, 5.41) is 2.91. The van der Waals surface area contributed by atoms with E-state index in [9.17, 15) is 14.4 Å². The molecule has 6 heteroatoms. The summed E-state index contributed by atoms with van der Waals surface area (Å²) in [5.41, 5.74) is 4.82. The van der Waals surface area contributed by atoms with Gasteiger partial charge in [-0.1, -0.05) is 23.8 Å². The predicted molar refractivity (Wildman–Crippen MR) is 115 cm³/mol. The Morgan fingerprint density at radius 1 is 1.00 bits per heavy atom. The van der Waals surface area contributed by atoms with Gasteiger partial charge in [-0.3, -0.25) is 19.3 Å². The van der Waals surface area contributed by atoms with Crippen LogP contribution in [0.3, 0.4) is 0 Å². The number of ether oxygens (including phenoxy) is 1. The third-order valence-corrected chi connectivity index (χ3v) is 5.37. The van der Waals surface area contributed by atoms with Crippen LogP contribution in [0.1, 0.15) is 60.6 Å². The van der Waals surface area contributed by atoms with Crippen molar-refractivity contribution in [3.8, 4) is 0 Å². The molecular formula is C24H28N2O4. The monoisotopic (exact) mass is 408 g/mol. The summed E-state index contributed by atoms with van der Waals surface area (Å²) in [6.07, 6.45) is 2.29. The highest BCUT2D eigenvalue weighted by Crippen LogP contribution is 2.24. The zero-order chi connectivity index (χ0) is 21.7. The normalized spacial score (nSPS) is 13.0. The van der Waals surface area contributed by atoms with Gasteiger partial charge < -0.3 is 10.1 Å². The van der Waals surface area contributed by atoms with Crippen LogP contribution in [0.25, 0.3) is 0 Å². The van der Waals surface area contributed by atoms with E-state index in [4.69, 9.17) is 4.74 Å². The first-order chi connectivity index (χ1) is 14.4. The molecule has 0 atom stereocenters. The molecule has 30 heavy (non-hydrogen) atoms. The first-order valence-corrected chi connectivity index (χ1v) is 10.3. The number of benzene rings is 2. The summed E-state index contributed by atoms with van der Waals surface area (Å²) < 4.78 is 4.98. The average molecular weight is 408 g/mol. The molecule has 0 unspecified atom stereocenters. The van der Waals surface area contributed by atoms with Gasteiger partial charge in [-0.25, -0.2) is 0 Å². The molecule has 6 nitrogen and oxygen atoms in total.